The molecule has 1 unspecified atom stereocenters. The Labute approximate surface area is 141 Å². The number of nitrogens with zero attached hydrogens (tertiary/aromatic N) is 4. The molecule has 1 saturated heterocycles. The lowest BCUT2D eigenvalue weighted by molar-refractivity contribution is -0.131. The number of amides is 1. The molecule has 24 heavy (non-hydrogen) atoms. The Morgan fingerprint density at radius 1 is 1.21 bits per heavy atom. The van der Waals surface area contributed by atoms with E-state index in [2.05, 4.69) is 15.1 Å². The van der Waals surface area contributed by atoms with E-state index < -0.39 is 0 Å². The van der Waals surface area contributed by atoms with Gasteiger partial charge in [-0.3, -0.25) is 9.78 Å². The lowest BCUT2D eigenvalue weighted by Crippen LogP contribution is -2.29. The third-order valence-electron chi connectivity index (χ3n) is 5.21. The predicted octanol–water partition coefficient (Wildman–Crippen LogP) is 3.03. The SMILES string of the molecule is O=C(CC1CCCC1)N1CCC(c2noc(-c3ccncc3)n2)C1. The van der Waals surface area contributed by atoms with Gasteiger partial charge in [0.05, 0.1) is 0 Å². The van der Waals surface area contributed by atoms with Crippen molar-refractivity contribution in [2.45, 2.75) is 44.4 Å². The summed E-state index contributed by atoms with van der Waals surface area (Å²) >= 11 is 0. The van der Waals surface area contributed by atoms with Crippen molar-refractivity contribution in [3.8, 4) is 11.5 Å². The van der Waals surface area contributed by atoms with Crippen molar-refractivity contribution in [1.29, 1.82) is 0 Å². The van der Waals surface area contributed by atoms with Gasteiger partial charge in [-0.15, -0.1) is 0 Å². The molecule has 0 N–H and O–H groups in total. The molecule has 4 rings (SSSR count). The first-order chi connectivity index (χ1) is 11.8. The normalized spacial score (nSPS) is 21.5. The van der Waals surface area contributed by atoms with Crippen LogP contribution in [0.3, 0.4) is 0 Å². The second-order valence-corrected chi connectivity index (χ2v) is 6.87. The fourth-order valence-electron chi connectivity index (χ4n) is 3.80. The summed E-state index contributed by atoms with van der Waals surface area (Å²) in [5.41, 5.74) is 0.871. The van der Waals surface area contributed by atoms with Crippen molar-refractivity contribution in [2.24, 2.45) is 5.92 Å². The van der Waals surface area contributed by atoms with Crippen molar-refractivity contribution >= 4 is 5.91 Å². The Balaban J connectivity index is 1.38. The first-order valence-electron chi connectivity index (χ1n) is 8.81. The summed E-state index contributed by atoms with van der Waals surface area (Å²) in [5.74, 6) is 2.29. The van der Waals surface area contributed by atoms with Gasteiger partial charge in [0.1, 0.15) is 0 Å². The Kier molecular flexibility index (Phi) is 4.28. The van der Waals surface area contributed by atoms with E-state index in [9.17, 15) is 4.79 Å². The molecule has 0 aromatic carbocycles. The maximum Gasteiger partial charge on any atom is 0.258 e. The molecule has 2 aromatic rings. The molecule has 1 aliphatic heterocycles. The van der Waals surface area contributed by atoms with Gasteiger partial charge in [0, 0.05) is 43.4 Å². The highest BCUT2D eigenvalue weighted by Crippen LogP contribution is 2.31. The Hall–Kier alpha value is -2.24. The third kappa shape index (κ3) is 3.18. The summed E-state index contributed by atoms with van der Waals surface area (Å²) in [6.45, 7) is 1.51. The standard InChI is InChI=1S/C18H22N4O2/c23-16(11-13-3-1-2-4-13)22-10-7-15(12-22)17-20-18(24-21-17)14-5-8-19-9-6-14/h5-6,8-9,13,15H,1-4,7,10-12H2. The molecule has 2 aromatic heterocycles. The number of carbonyl (C=O) groups excluding carboxylic acids is 1. The second kappa shape index (κ2) is 6.71. The minimum atomic E-state index is 0.178. The summed E-state index contributed by atoms with van der Waals surface area (Å²) in [7, 11) is 0. The molecule has 6 heteroatoms. The van der Waals surface area contributed by atoms with Crippen LogP contribution < -0.4 is 0 Å². The van der Waals surface area contributed by atoms with Gasteiger partial charge in [0.15, 0.2) is 5.82 Å². The molecule has 1 aliphatic carbocycles. The van der Waals surface area contributed by atoms with Crippen LogP contribution in [0.15, 0.2) is 29.0 Å². The van der Waals surface area contributed by atoms with Crippen LogP contribution in [0.4, 0.5) is 0 Å². The van der Waals surface area contributed by atoms with E-state index in [1.807, 2.05) is 17.0 Å². The second-order valence-electron chi connectivity index (χ2n) is 6.87. The highest BCUT2D eigenvalue weighted by atomic mass is 16.5. The summed E-state index contributed by atoms with van der Waals surface area (Å²) < 4.78 is 5.37. The molecule has 1 amide bonds. The van der Waals surface area contributed by atoms with E-state index in [1.165, 1.54) is 25.7 Å². The average Bonchev–Trinajstić information content (AvgIpc) is 3.36. The molecule has 3 heterocycles. The lowest BCUT2D eigenvalue weighted by atomic mass is 10.0. The van der Waals surface area contributed by atoms with Crippen LogP contribution in [0.2, 0.25) is 0 Å². The van der Waals surface area contributed by atoms with Gasteiger partial charge in [-0.1, -0.05) is 18.0 Å². The predicted molar refractivity (Wildman–Crippen MR) is 88.0 cm³/mol. The van der Waals surface area contributed by atoms with E-state index in [4.69, 9.17) is 4.52 Å². The van der Waals surface area contributed by atoms with Crippen LogP contribution in [-0.2, 0) is 4.79 Å². The Morgan fingerprint density at radius 2 is 2.00 bits per heavy atom. The summed E-state index contributed by atoms with van der Waals surface area (Å²) in [6.07, 6.45) is 10.0. The number of carbonyl (C=O) groups is 1. The van der Waals surface area contributed by atoms with Crippen LogP contribution in [0.1, 0.15) is 50.3 Å². The molecular formula is C18H22N4O2. The summed E-state index contributed by atoms with van der Waals surface area (Å²) in [6, 6.07) is 3.70. The Morgan fingerprint density at radius 3 is 2.79 bits per heavy atom. The zero-order valence-corrected chi connectivity index (χ0v) is 13.7. The van der Waals surface area contributed by atoms with E-state index in [0.717, 1.165) is 18.5 Å². The zero-order chi connectivity index (χ0) is 16.4. The van der Waals surface area contributed by atoms with E-state index in [-0.39, 0.29) is 5.92 Å². The fraction of sp³-hybridized carbons (Fsp3) is 0.556. The van der Waals surface area contributed by atoms with Crippen LogP contribution in [-0.4, -0.2) is 39.0 Å². The molecule has 0 bridgehead atoms. The molecular weight excluding hydrogens is 304 g/mol. The fourth-order valence-corrected chi connectivity index (χ4v) is 3.80. The zero-order valence-electron chi connectivity index (χ0n) is 13.7. The monoisotopic (exact) mass is 326 g/mol. The smallest absolute Gasteiger partial charge is 0.258 e. The van der Waals surface area contributed by atoms with Crippen molar-refractivity contribution in [3.05, 3.63) is 30.4 Å². The number of rotatable bonds is 4. The number of aromatic nitrogens is 3. The molecule has 1 atom stereocenters. The topological polar surface area (TPSA) is 72.1 Å². The van der Waals surface area contributed by atoms with Gasteiger partial charge in [-0.05, 0) is 37.3 Å². The molecule has 0 spiro atoms. The molecule has 2 aliphatic rings. The average molecular weight is 326 g/mol. The summed E-state index contributed by atoms with van der Waals surface area (Å²) in [5, 5.41) is 4.13. The van der Waals surface area contributed by atoms with Crippen molar-refractivity contribution in [3.63, 3.8) is 0 Å². The summed E-state index contributed by atoms with van der Waals surface area (Å²) in [4.78, 5) is 22.9. The van der Waals surface area contributed by atoms with E-state index in [0.29, 0.717) is 36.5 Å². The maximum atomic E-state index is 12.5. The van der Waals surface area contributed by atoms with Crippen LogP contribution in [0.5, 0.6) is 0 Å². The van der Waals surface area contributed by atoms with Gasteiger partial charge < -0.3 is 9.42 Å². The highest BCUT2D eigenvalue weighted by Gasteiger charge is 2.31. The maximum absolute atomic E-state index is 12.5. The van der Waals surface area contributed by atoms with Crippen LogP contribution >= 0.6 is 0 Å². The third-order valence-corrected chi connectivity index (χ3v) is 5.21. The van der Waals surface area contributed by atoms with Crippen molar-refractivity contribution in [1.82, 2.24) is 20.0 Å². The van der Waals surface area contributed by atoms with E-state index in [1.54, 1.807) is 12.4 Å². The minimum absolute atomic E-state index is 0.178. The van der Waals surface area contributed by atoms with Gasteiger partial charge in [0.25, 0.3) is 5.89 Å². The number of likely N-dealkylation sites (tertiary alicyclic amines) is 1. The van der Waals surface area contributed by atoms with Gasteiger partial charge in [-0.2, -0.15) is 4.98 Å². The molecule has 6 nitrogen and oxygen atoms in total. The first kappa shape index (κ1) is 15.3. The molecule has 1 saturated carbocycles. The molecule has 126 valence electrons. The van der Waals surface area contributed by atoms with Crippen LogP contribution in [0, 0.1) is 5.92 Å². The van der Waals surface area contributed by atoms with Crippen LogP contribution in [0.25, 0.3) is 11.5 Å². The van der Waals surface area contributed by atoms with Crippen molar-refractivity contribution in [2.75, 3.05) is 13.1 Å². The number of hydrogen-bond acceptors (Lipinski definition) is 5. The van der Waals surface area contributed by atoms with E-state index >= 15 is 0 Å². The van der Waals surface area contributed by atoms with Gasteiger partial charge in [0.2, 0.25) is 5.91 Å². The number of pyridine rings is 1. The van der Waals surface area contributed by atoms with Gasteiger partial charge >= 0.3 is 0 Å². The molecule has 0 radical (unpaired) electrons. The lowest BCUT2D eigenvalue weighted by Gasteiger charge is -2.18. The number of hydrogen-bond donors (Lipinski definition) is 0. The van der Waals surface area contributed by atoms with Crippen molar-refractivity contribution < 1.29 is 9.32 Å². The Bertz CT molecular complexity index is 694. The highest BCUT2D eigenvalue weighted by molar-refractivity contribution is 5.76. The van der Waals surface area contributed by atoms with Gasteiger partial charge in [-0.25, -0.2) is 0 Å². The minimum Gasteiger partial charge on any atom is -0.342 e. The first-order valence-corrected chi connectivity index (χ1v) is 8.81. The molecule has 2 fully saturated rings. The quantitative estimate of drug-likeness (QED) is 0.863. The largest absolute Gasteiger partial charge is 0.342 e.